The number of aromatic nitrogens is 2. The highest BCUT2D eigenvalue weighted by atomic mass is 16.3. The third kappa shape index (κ3) is 3.70. The molecule has 24 heavy (non-hydrogen) atoms. The first-order chi connectivity index (χ1) is 11.5. The molecule has 130 valence electrons. The van der Waals surface area contributed by atoms with Crippen LogP contribution >= 0.6 is 0 Å². The predicted molar refractivity (Wildman–Crippen MR) is 91.6 cm³/mol. The Morgan fingerprint density at radius 2 is 2.00 bits per heavy atom. The molecule has 0 unspecified atom stereocenters. The minimum Gasteiger partial charge on any atom is -0.468 e. The predicted octanol–water partition coefficient (Wildman–Crippen LogP) is 1.91. The van der Waals surface area contributed by atoms with Crippen molar-refractivity contribution in [2.45, 2.75) is 33.2 Å². The Labute approximate surface area is 143 Å². The molecule has 3 heterocycles. The normalized spacial score (nSPS) is 15.9. The topological polar surface area (TPSA) is 54.5 Å². The molecule has 1 saturated heterocycles. The van der Waals surface area contributed by atoms with Gasteiger partial charge in [0.2, 0.25) is 5.91 Å². The highest BCUT2D eigenvalue weighted by molar-refractivity contribution is 5.76. The zero-order valence-corrected chi connectivity index (χ0v) is 14.8. The minimum absolute atomic E-state index is 0.246. The third-order valence-electron chi connectivity index (χ3n) is 4.93. The van der Waals surface area contributed by atoms with E-state index < -0.39 is 0 Å². The standard InChI is InChI=1S/C18H26N4O2/c1-14-17(15(2)20(3)19-14)6-7-18(23)22-10-8-21(9-11-22)13-16-5-4-12-24-16/h4-5,12H,6-11,13H2,1-3H3. The van der Waals surface area contributed by atoms with Gasteiger partial charge in [-0.25, -0.2) is 0 Å². The lowest BCUT2D eigenvalue weighted by molar-refractivity contribution is -0.133. The van der Waals surface area contributed by atoms with E-state index in [1.165, 1.54) is 5.56 Å². The Bertz CT molecular complexity index is 682. The first-order valence-electron chi connectivity index (χ1n) is 8.56. The van der Waals surface area contributed by atoms with E-state index >= 15 is 0 Å². The lowest BCUT2D eigenvalue weighted by atomic mass is 10.1. The number of carbonyl (C=O) groups excluding carboxylic acids is 1. The summed E-state index contributed by atoms with van der Waals surface area (Å²) in [5, 5.41) is 4.42. The number of carbonyl (C=O) groups is 1. The van der Waals surface area contributed by atoms with Crippen molar-refractivity contribution >= 4 is 5.91 Å². The second kappa shape index (κ2) is 7.21. The Kier molecular flexibility index (Phi) is 5.04. The zero-order chi connectivity index (χ0) is 17.1. The van der Waals surface area contributed by atoms with Gasteiger partial charge in [-0.2, -0.15) is 5.10 Å². The van der Waals surface area contributed by atoms with Crippen LogP contribution in [0, 0.1) is 13.8 Å². The van der Waals surface area contributed by atoms with Crippen molar-refractivity contribution in [1.29, 1.82) is 0 Å². The molecular formula is C18H26N4O2. The van der Waals surface area contributed by atoms with E-state index in [0.717, 1.165) is 56.3 Å². The van der Waals surface area contributed by atoms with E-state index in [0.29, 0.717) is 6.42 Å². The van der Waals surface area contributed by atoms with E-state index in [9.17, 15) is 4.79 Å². The van der Waals surface area contributed by atoms with Crippen LogP contribution in [-0.4, -0.2) is 51.7 Å². The number of amides is 1. The van der Waals surface area contributed by atoms with Crippen molar-refractivity contribution in [3.63, 3.8) is 0 Å². The maximum Gasteiger partial charge on any atom is 0.222 e. The number of nitrogens with zero attached hydrogens (tertiary/aromatic N) is 4. The van der Waals surface area contributed by atoms with Gasteiger partial charge in [0.25, 0.3) is 0 Å². The average Bonchev–Trinajstić information content (AvgIpc) is 3.15. The Morgan fingerprint density at radius 1 is 1.25 bits per heavy atom. The third-order valence-corrected chi connectivity index (χ3v) is 4.93. The van der Waals surface area contributed by atoms with Crippen molar-refractivity contribution in [3.05, 3.63) is 41.1 Å². The second-order valence-electron chi connectivity index (χ2n) is 6.51. The monoisotopic (exact) mass is 330 g/mol. The van der Waals surface area contributed by atoms with Crippen molar-refractivity contribution in [3.8, 4) is 0 Å². The molecule has 0 saturated carbocycles. The van der Waals surface area contributed by atoms with Gasteiger partial charge in [-0.3, -0.25) is 14.4 Å². The number of hydrogen-bond acceptors (Lipinski definition) is 4. The van der Waals surface area contributed by atoms with Crippen LogP contribution in [0.4, 0.5) is 0 Å². The first-order valence-corrected chi connectivity index (χ1v) is 8.56. The van der Waals surface area contributed by atoms with Crippen LogP contribution in [0.5, 0.6) is 0 Å². The zero-order valence-electron chi connectivity index (χ0n) is 14.8. The van der Waals surface area contributed by atoms with Crippen molar-refractivity contribution in [2.24, 2.45) is 7.05 Å². The molecule has 0 aliphatic carbocycles. The summed E-state index contributed by atoms with van der Waals surface area (Å²) >= 11 is 0. The first kappa shape index (κ1) is 16.8. The fraction of sp³-hybridized carbons (Fsp3) is 0.556. The average molecular weight is 330 g/mol. The summed E-state index contributed by atoms with van der Waals surface area (Å²) < 4.78 is 7.28. The Morgan fingerprint density at radius 3 is 2.58 bits per heavy atom. The number of aryl methyl sites for hydroxylation is 2. The number of piperazine rings is 1. The molecule has 0 N–H and O–H groups in total. The number of rotatable bonds is 5. The molecule has 6 nitrogen and oxygen atoms in total. The lowest BCUT2D eigenvalue weighted by Crippen LogP contribution is -2.48. The van der Waals surface area contributed by atoms with Crippen LogP contribution < -0.4 is 0 Å². The Balaban J connectivity index is 1.47. The van der Waals surface area contributed by atoms with Gasteiger partial charge in [0.1, 0.15) is 5.76 Å². The lowest BCUT2D eigenvalue weighted by Gasteiger charge is -2.34. The summed E-state index contributed by atoms with van der Waals surface area (Å²) in [7, 11) is 1.95. The fourth-order valence-corrected chi connectivity index (χ4v) is 3.35. The summed E-state index contributed by atoms with van der Waals surface area (Å²) in [5.74, 6) is 1.23. The smallest absolute Gasteiger partial charge is 0.222 e. The van der Waals surface area contributed by atoms with E-state index in [4.69, 9.17) is 4.42 Å². The molecule has 6 heteroatoms. The summed E-state index contributed by atoms with van der Waals surface area (Å²) in [4.78, 5) is 16.8. The van der Waals surface area contributed by atoms with Gasteiger partial charge in [0.05, 0.1) is 18.5 Å². The Hall–Kier alpha value is -2.08. The maximum atomic E-state index is 12.5. The van der Waals surface area contributed by atoms with E-state index in [2.05, 4.69) is 16.9 Å². The molecule has 0 bridgehead atoms. The van der Waals surface area contributed by atoms with Gasteiger partial charge in [-0.1, -0.05) is 0 Å². The molecule has 2 aromatic heterocycles. The highest BCUT2D eigenvalue weighted by Crippen LogP contribution is 2.16. The molecular weight excluding hydrogens is 304 g/mol. The summed E-state index contributed by atoms with van der Waals surface area (Å²) in [6.45, 7) is 8.29. The van der Waals surface area contributed by atoms with Gasteiger partial charge in [-0.15, -0.1) is 0 Å². The van der Waals surface area contributed by atoms with Crippen LogP contribution in [-0.2, 0) is 24.8 Å². The van der Waals surface area contributed by atoms with Crippen LogP contribution in [0.25, 0.3) is 0 Å². The summed E-state index contributed by atoms with van der Waals surface area (Å²) in [6, 6.07) is 3.91. The van der Waals surface area contributed by atoms with Crippen LogP contribution in [0.1, 0.15) is 29.1 Å². The molecule has 1 aliphatic heterocycles. The van der Waals surface area contributed by atoms with Crippen LogP contribution in [0.2, 0.25) is 0 Å². The van der Waals surface area contributed by atoms with E-state index in [-0.39, 0.29) is 5.91 Å². The minimum atomic E-state index is 0.246. The molecule has 0 spiro atoms. The molecule has 1 aliphatic rings. The van der Waals surface area contributed by atoms with Crippen molar-refractivity contribution < 1.29 is 9.21 Å². The molecule has 1 fully saturated rings. The SMILES string of the molecule is Cc1nn(C)c(C)c1CCC(=O)N1CCN(Cc2ccco2)CC1. The molecule has 0 atom stereocenters. The van der Waals surface area contributed by atoms with Gasteiger partial charge >= 0.3 is 0 Å². The highest BCUT2D eigenvalue weighted by Gasteiger charge is 2.22. The molecule has 0 aromatic carbocycles. The largest absolute Gasteiger partial charge is 0.468 e. The van der Waals surface area contributed by atoms with Crippen molar-refractivity contribution in [1.82, 2.24) is 19.6 Å². The van der Waals surface area contributed by atoms with E-state index in [1.54, 1.807) is 6.26 Å². The summed E-state index contributed by atoms with van der Waals surface area (Å²) in [6.07, 6.45) is 3.04. The fourth-order valence-electron chi connectivity index (χ4n) is 3.35. The molecule has 0 radical (unpaired) electrons. The van der Waals surface area contributed by atoms with Crippen LogP contribution in [0.3, 0.4) is 0 Å². The van der Waals surface area contributed by atoms with Gasteiger partial charge < -0.3 is 9.32 Å². The maximum absolute atomic E-state index is 12.5. The van der Waals surface area contributed by atoms with Crippen LogP contribution in [0.15, 0.2) is 22.8 Å². The number of furan rings is 1. The van der Waals surface area contributed by atoms with Crippen molar-refractivity contribution in [2.75, 3.05) is 26.2 Å². The molecule has 1 amide bonds. The number of hydrogen-bond donors (Lipinski definition) is 0. The van der Waals surface area contributed by atoms with Gasteiger partial charge in [0.15, 0.2) is 0 Å². The van der Waals surface area contributed by atoms with Gasteiger partial charge in [-0.05, 0) is 38.0 Å². The van der Waals surface area contributed by atoms with Gasteiger partial charge in [0, 0.05) is 45.3 Å². The quantitative estimate of drug-likeness (QED) is 0.840. The molecule has 2 aromatic rings. The second-order valence-corrected chi connectivity index (χ2v) is 6.51. The van der Waals surface area contributed by atoms with E-state index in [1.807, 2.05) is 35.7 Å². The summed E-state index contributed by atoms with van der Waals surface area (Å²) in [5.41, 5.74) is 3.40. The molecule has 3 rings (SSSR count).